The molecule has 0 amide bonds. The number of phenols is 1. The van der Waals surface area contributed by atoms with Crippen LogP contribution in [0, 0.1) is 0 Å². The van der Waals surface area contributed by atoms with Gasteiger partial charge in [-0.1, -0.05) is 0 Å². The van der Waals surface area contributed by atoms with Crippen LogP contribution in [0.4, 0.5) is 0 Å². The van der Waals surface area contributed by atoms with E-state index in [9.17, 15) is 5.11 Å². The molecule has 1 aliphatic rings. The van der Waals surface area contributed by atoms with Crippen molar-refractivity contribution in [1.82, 2.24) is 0 Å². The summed E-state index contributed by atoms with van der Waals surface area (Å²) in [5.74, 6) is 0.503. The number of phenolic OH excluding ortho intramolecular Hbond substituents is 1. The van der Waals surface area contributed by atoms with E-state index in [1.165, 1.54) is 22.0 Å². The van der Waals surface area contributed by atoms with Crippen LogP contribution in [0.5, 0.6) is 5.75 Å². The number of benzene rings is 1. The number of aromatic hydroxyl groups is 1. The maximum atomic E-state index is 10.3. The van der Waals surface area contributed by atoms with Crippen LogP contribution in [0.2, 0.25) is 0 Å². The molecule has 17 heavy (non-hydrogen) atoms. The summed E-state index contributed by atoms with van der Waals surface area (Å²) in [4.78, 5) is 0. The summed E-state index contributed by atoms with van der Waals surface area (Å²) >= 11 is 3.03. The van der Waals surface area contributed by atoms with E-state index in [0.29, 0.717) is 18.9 Å². The standard InChI is InChI=1S/C14H20OSe2/c1-13(2)5-6-14(3,4)12-10(13)7-9(17-16)8-11(12)15/h7-8,15-16H,5-6H2,1-4H3. The van der Waals surface area contributed by atoms with Crippen molar-refractivity contribution < 1.29 is 5.11 Å². The van der Waals surface area contributed by atoms with E-state index in [2.05, 4.69) is 47.9 Å². The Balaban J connectivity index is 2.71. The quantitative estimate of drug-likeness (QED) is 0.757. The van der Waals surface area contributed by atoms with Crippen molar-refractivity contribution in [3.63, 3.8) is 0 Å². The van der Waals surface area contributed by atoms with Crippen molar-refractivity contribution in [3.8, 4) is 5.75 Å². The summed E-state index contributed by atoms with van der Waals surface area (Å²) in [5.41, 5.74) is 2.82. The van der Waals surface area contributed by atoms with Gasteiger partial charge in [-0.25, -0.2) is 0 Å². The van der Waals surface area contributed by atoms with Crippen LogP contribution in [0.25, 0.3) is 0 Å². The Hall–Kier alpha value is 0.0590. The third-order valence-electron chi connectivity index (χ3n) is 3.98. The SMILES string of the molecule is CC1(C)CCC(C)(C)c2c(O)cc([Se][SeH])cc21. The van der Waals surface area contributed by atoms with E-state index in [1.54, 1.807) is 0 Å². The van der Waals surface area contributed by atoms with E-state index in [0.717, 1.165) is 6.42 Å². The van der Waals surface area contributed by atoms with E-state index in [1.807, 2.05) is 6.07 Å². The third-order valence-corrected chi connectivity index (χ3v) is 7.21. The van der Waals surface area contributed by atoms with E-state index in [-0.39, 0.29) is 10.8 Å². The molecule has 0 fully saturated rings. The average Bonchev–Trinajstić information content (AvgIpc) is 2.23. The van der Waals surface area contributed by atoms with Gasteiger partial charge >= 0.3 is 117 Å². The maximum absolute atomic E-state index is 10.3. The van der Waals surface area contributed by atoms with Crippen LogP contribution in [-0.2, 0) is 10.8 Å². The summed E-state index contributed by atoms with van der Waals surface area (Å²) in [5, 5.41) is 10.3. The zero-order chi connectivity index (χ0) is 12.8. The summed E-state index contributed by atoms with van der Waals surface area (Å²) in [6.07, 6.45) is 2.34. The zero-order valence-electron chi connectivity index (χ0n) is 10.9. The second-order valence-electron chi connectivity index (χ2n) is 6.22. The molecule has 1 aliphatic carbocycles. The normalized spacial score (nSPS) is 21.0. The number of rotatable bonds is 1. The zero-order valence-corrected chi connectivity index (χ0v) is 14.5. The van der Waals surface area contributed by atoms with Gasteiger partial charge in [-0.15, -0.1) is 0 Å². The molecule has 0 aromatic heterocycles. The number of hydrogen-bond acceptors (Lipinski definition) is 1. The molecular formula is C14H20OSe2. The van der Waals surface area contributed by atoms with Crippen LogP contribution in [-0.4, -0.2) is 32.4 Å². The molecule has 94 valence electrons. The van der Waals surface area contributed by atoms with Gasteiger partial charge < -0.3 is 0 Å². The van der Waals surface area contributed by atoms with Gasteiger partial charge in [0, 0.05) is 0 Å². The molecule has 1 nitrogen and oxygen atoms in total. The molecule has 1 N–H and O–H groups in total. The first-order valence-electron chi connectivity index (χ1n) is 5.97. The van der Waals surface area contributed by atoms with E-state index in [4.69, 9.17) is 0 Å². The fourth-order valence-electron chi connectivity index (χ4n) is 2.78. The average molecular weight is 362 g/mol. The van der Waals surface area contributed by atoms with Crippen LogP contribution in [0.15, 0.2) is 12.1 Å². The summed E-state index contributed by atoms with van der Waals surface area (Å²) in [6.45, 7) is 9.07. The molecule has 1 aromatic rings. The van der Waals surface area contributed by atoms with Gasteiger partial charge in [0.2, 0.25) is 0 Å². The molecule has 3 heteroatoms. The predicted molar refractivity (Wildman–Crippen MR) is 75.9 cm³/mol. The Kier molecular flexibility index (Phi) is 3.42. The molecule has 0 radical (unpaired) electrons. The second-order valence-corrected chi connectivity index (χ2v) is 9.59. The molecule has 0 saturated carbocycles. The first-order valence-corrected chi connectivity index (χ1v) is 11.6. The van der Waals surface area contributed by atoms with Crippen LogP contribution in [0.1, 0.15) is 51.7 Å². The Bertz CT molecular complexity index is 450. The predicted octanol–water partition coefficient (Wildman–Crippen LogP) is 1.89. The van der Waals surface area contributed by atoms with Crippen LogP contribution >= 0.6 is 0 Å². The molecular weight excluding hydrogens is 342 g/mol. The van der Waals surface area contributed by atoms with Crippen molar-refractivity contribution in [3.05, 3.63) is 23.3 Å². The molecule has 0 spiro atoms. The summed E-state index contributed by atoms with van der Waals surface area (Å²) < 4.78 is 1.28. The first-order chi connectivity index (χ1) is 7.78. The molecule has 0 bridgehead atoms. The van der Waals surface area contributed by atoms with E-state index >= 15 is 0 Å². The van der Waals surface area contributed by atoms with Crippen molar-refractivity contribution in [2.24, 2.45) is 0 Å². The third kappa shape index (κ3) is 2.31. The Morgan fingerprint density at radius 3 is 2.29 bits per heavy atom. The molecule has 0 unspecified atom stereocenters. The molecule has 0 atom stereocenters. The molecule has 1 aromatic carbocycles. The van der Waals surface area contributed by atoms with Gasteiger partial charge in [0.25, 0.3) is 0 Å². The van der Waals surface area contributed by atoms with Crippen molar-refractivity contribution in [2.45, 2.75) is 51.4 Å². The minimum atomic E-state index is 0.100. The second kappa shape index (κ2) is 4.31. The van der Waals surface area contributed by atoms with Crippen molar-refractivity contribution in [1.29, 1.82) is 0 Å². The van der Waals surface area contributed by atoms with Gasteiger partial charge in [0.05, 0.1) is 0 Å². The fourth-order valence-corrected chi connectivity index (χ4v) is 4.64. The number of hydrogen-bond donors (Lipinski definition) is 1. The van der Waals surface area contributed by atoms with Gasteiger partial charge in [0.15, 0.2) is 0 Å². The van der Waals surface area contributed by atoms with E-state index < -0.39 is 0 Å². The van der Waals surface area contributed by atoms with Gasteiger partial charge in [0.1, 0.15) is 0 Å². The van der Waals surface area contributed by atoms with Crippen LogP contribution < -0.4 is 4.46 Å². The minimum absolute atomic E-state index is 0.100. The van der Waals surface area contributed by atoms with Gasteiger partial charge in [-0.3, -0.25) is 0 Å². The molecule has 0 aliphatic heterocycles. The fraction of sp³-hybridized carbons (Fsp3) is 0.571. The topological polar surface area (TPSA) is 20.2 Å². The Morgan fingerprint density at radius 1 is 1.12 bits per heavy atom. The summed E-state index contributed by atoms with van der Waals surface area (Å²) in [7, 11) is 0. The van der Waals surface area contributed by atoms with Gasteiger partial charge in [-0.05, 0) is 0 Å². The van der Waals surface area contributed by atoms with Gasteiger partial charge in [-0.2, -0.15) is 0 Å². The summed E-state index contributed by atoms with van der Waals surface area (Å²) in [6, 6.07) is 4.27. The first kappa shape index (κ1) is 13.5. The van der Waals surface area contributed by atoms with Crippen molar-refractivity contribution >= 4 is 31.8 Å². The van der Waals surface area contributed by atoms with Crippen LogP contribution in [0.3, 0.4) is 0 Å². The Morgan fingerprint density at radius 2 is 1.71 bits per heavy atom. The molecule has 0 saturated heterocycles. The molecule has 0 heterocycles. The van der Waals surface area contributed by atoms with Crippen molar-refractivity contribution in [2.75, 3.05) is 0 Å². The monoisotopic (exact) mass is 364 g/mol. The number of fused-ring (bicyclic) bond motifs is 1. The Labute approximate surface area is 117 Å². The molecule has 2 rings (SSSR count).